The third-order valence-corrected chi connectivity index (χ3v) is 4.68. The van der Waals surface area contributed by atoms with Crippen molar-refractivity contribution in [1.29, 1.82) is 0 Å². The number of hydrogen-bond acceptors (Lipinski definition) is 4. The van der Waals surface area contributed by atoms with Crippen LogP contribution in [-0.4, -0.2) is 23.0 Å². The number of allylic oxidation sites excluding steroid dienone is 2. The van der Waals surface area contributed by atoms with Gasteiger partial charge in [-0.15, -0.1) is 34.9 Å². The molecule has 1 N–H and O–H groups in total. The monoisotopic (exact) mass is 611 g/mol. The van der Waals surface area contributed by atoms with Crippen molar-refractivity contribution in [3.63, 3.8) is 0 Å². The zero-order chi connectivity index (χ0) is 23.3. The van der Waals surface area contributed by atoms with Gasteiger partial charge in [0, 0.05) is 37.3 Å². The Morgan fingerprint density at radius 2 is 1.75 bits per heavy atom. The molecule has 0 atom stereocenters. The Labute approximate surface area is 205 Å². The predicted octanol–water partition coefficient (Wildman–Crippen LogP) is 6.66. The molecule has 32 heavy (non-hydrogen) atoms. The summed E-state index contributed by atoms with van der Waals surface area (Å²) in [6, 6.07) is 16.2. The number of aliphatic hydroxyl groups excluding tert-OH is 1. The maximum Gasteiger partial charge on any atom is 0.155 e. The van der Waals surface area contributed by atoms with Crippen molar-refractivity contribution in [2.24, 2.45) is 0 Å². The second-order valence-electron chi connectivity index (χ2n) is 8.85. The number of rotatable bonds is 3. The summed E-state index contributed by atoms with van der Waals surface area (Å²) in [5.41, 5.74) is 6.52. The summed E-state index contributed by atoms with van der Waals surface area (Å²) < 4.78 is 5.63. The van der Waals surface area contributed by atoms with Crippen molar-refractivity contribution in [3.8, 4) is 17.0 Å². The van der Waals surface area contributed by atoms with Gasteiger partial charge in [0.25, 0.3) is 0 Å². The fourth-order valence-electron chi connectivity index (χ4n) is 3.29. The molecule has 1 aromatic heterocycles. The van der Waals surface area contributed by atoms with E-state index in [1.807, 2.05) is 0 Å². The Kier molecular flexibility index (Phi) is 9.81. The summed E-state index contributed by atoms with van der Waals surface area (Å²) >= 11 is 0. The normalized spacial score (nSPS) is 11.3. The predicted molar refractivity (Wildman–Crippen MR) is 128 cm³/mol. The molecule has 173 valence electrons. The molecule has 0 saturated heterocycles. The number of ketones is 1. The van der Waals surface area contributed by atoms with Gasteiger partial charge in [0.2, 0.25) is 0 Å². The molecule has 1 radical (unpaired) electrons. The van der Waals surface area contributed by atoms with Gasteiger partial charge in [-0.2, -0.15) is 0 Å². The van der Waals surface area contributed by atoms with E-state index in [4.69, 9.17) is 14.8 Å². The molecular formula is C27H32IrNO3-. The molecule has 0 unspecified atom stereocenters. The molecule has 0 spiro atoms. The van der Waals surface area contributed by atoms with E-state index in [0.29, 0.717) is 0 Å². The summed E-state index contributed by atoms with van der Waals surface area (Å²) in [4.78, 5) is 14.9. The van der Waals surface area contributed by atoms with Crippen LogP contribution in [0.25, 0.3) is 22.2 Å². The molecule has 2 aromatic carbocycles. The molecule has 0 bridgehead atoms. The smallest absolute Gasteiger partial charge is 0.155 e. The molecule has 1 heterocycles. The third-order valence-electron chi connectivity index (χ3n) is 4.68. The summed E-state index contributed by atoms with van der Waals surface area (Å²) in [6.45, 7) is 13.7. The number of carbonyl (C=O) groups is 1. The second kappa shape index (κ2) is 11.4. The Hall–Kier alpha value is -2.49. The summed E-state index contributed by atoms with van der Waals surface area (Å²) in [7, 11) is 1.70. The zero-order valence-corrected chi connectivity index (χ0v) is 22.5. The van der Waals surface area contributed by atoms with Crippen LogP contribution in [0.15, 0.2) is 48.2 Å². The second-order valence-corrected chi connectivity index (χ2v) is 8.85. The standard InChI is InChI=1S/C22H24NO.C5H8O2.Ir/c1-14-9-15(2)11-17(10-14)21-20(24-6)13-16-12-18(22(3,4)5)7-8-19(16)23-21;1-4(6)3-5(2)7;/h7-10,12-13H,1-6H3;3,6H,1-2H3;/q-1;;/b;4-3-;. The first-order chi connectivity index (χ1) is 14.4. The van der Waals surface area contributed by atoms with E-state index in [9.17, 15) is 4.79 Å². The number of aliphatic hydroxyl groups is 1. The van der Waals surface area contributed by atoms with Crippen molar-refractivity contribution in [2.75, 3.05) is 7.11 Å². The number of benzene rings is 2. The van der Waals surface area contributed by atoms with Crippen molar-refractivity contribution >= 4 is 16.7 Å². The molecule has 0 amide bonds. The first kappa shape index (κ1) is 27.5. The topological polar surface area (TPSA) is 59.4 Å². The summed E-state index contributed by atoms with van der Waals surface area (Å²) in [6.07, 6.45) is 1.17. The minimum atomic E-state index is -0.125. The molecule has 0 aliphatic heterocycles. The average molecular weight is 611 g/mol. The van der Waals surface area contributed by atoms with E-state index in [-0.39, 0.29) is 37.1 Å². The number of ether oxygens (including phenoxy) is 1. The summed E-state index contributed by atoms with van der Waals surface area (Å²) in [5, 5.41) is 9.47. The number of nitrogens with zero attached hydrogens (tertiary/aromatic N) is 1. The first-order valence-electron chi connectivity index (χ1n) is 10.3. The van der Waals surface area contributed by atoms with E-state index in [1.54, 1.807) is 7.11 Å². The van der Waals surface area contributed by atoms with E-state index in [2.05, 4.69) is 77.1 Å². The Balaban J connectivity index is 0.000000558. The first-order valence-corrected chi connectivity index (χ1v) is 10.3. The number of pyridine rings is 1. The molecule has 0 saturated carbocycles. The molecule has 5 heteroatoms. The van der Waals surface area contributed by atoms with Crippen LogP contribution in [0.2, 0.25) is 0 Å². The molecule has 0 aliphatic carbocycles. The van der Waals surface area contributed by atoms with Crippen LogP contribution in [0.1, 0.15) is 51.3 Å². The quantitative estimate of drug-likeness (QED) is 0.205. The average Bonchev–Trinajstić information content (AvgIpc) is 2.64. The molecule has 3 aromatic rings. The Morgan fingerprint density at radius 3 is 2.22 bits per heavy atom. The Bertz CT molecular complexity index is 1100. The van der Waals surface area contributed by atoms with Crippen LogP contribution in [0, 0.1) is 19.9 Å². The van der Waals surface area contributed by atoms with Crippen LogP contribution >= 0.6 is 0 Å². The van der Waals surface area contributed by atoms with Gasteiger partial charge in [0.1, 0.15) is 5.75 Å². The van der Waals surface area contributed by atoms with E-state index in [0.717, 1.165) is 33.5 Å². The Morgan fingerprint density at radius 1 is 1.09 bits per heavy atom. The maximum absolute atomic E-state index is 10.0. The number of fused-ring (bicyclic) bond motifs is 1. The SMILES string of the molecule is CC(=O)/C=C(/C)O.COc1cc2cc(C(C)(C)C)ccc2nc1-c1[c-]c(C)cc(C)c1.[Ir]. The number of hydrogen-bond donors (Lipinski definition) is 1. The van der Waals surface area contributed by atoms with Gasteiger partial charge in [0.05, 0.1) is 18.4 Å². The molecule has 0 aliphatic rings. The van der Waals surface area contributed by atoms with Crippen LogP contribution in [0.5, 0.6) is 5.75 Å². The fraction of sp³-hybridized carbons (Fsp3) is 0.333. The van der Waals surface area contributed by atoms with Crippen LogP contribution in [0.3, 0.4) is 0 Å². The molecular weight excluding hydrogens is 579 g/mol. The van der Waals surface area contributed by atoms with Gasteiger partial charge in [-0.3, -0.25) is 9.78 Å². The summed E-state index contributed by atoms with van der Waals surface area (Å²) in [5.74, 6) is 0.724. The zero-order valence-electron chi connectivity index (χ0n) is 20.1. The van der Waals surface area contributed by atoms with Crippen LogP contribution in [-0.2, 0) is 30.3 Å². The van der Waals surface area contributed by atoms with E-state index >= 15 is 0 Å². The number of methoxy groups -OCH3 is 1. The largest absolute Gasteiger partial charge is 0.512 e. The van der Waals surface area contributed by atoms with Crippen molar-refractivity contribution in [3.05, 3.63) is 71.0 Å². The van der Waals surface area contributed by atoms with E-state index < -0.39 is 0 Å². The molecule has 4 nitrogen and oxygen atoms in total. The number of aryl methyl sites for hydroxylation is 2. The fourth-order valence-corrected chi connectivity index (χ4v) is 3.29. The van der Waals surface area contributed by atoms with Crippen molar-refractivity contribution in [2.45, 2.75) is 53.9 Å². The number of aromatic nitrogens is 1. The van der Waals surface area contributed by atoms with Crippen molar-refractivity contribution < 1.29 is 34.7 Å². The number of carbonyl (C=O) groups excluding carboxylic acids is 1. The van der Waals surface area contributed by atoms with Gasteiger partial charge in [-0.1, -0.05) is 40.7 Å². The van der Waals surface area contributed by atoms with Crippen LogP contribution in [0.4, 0.5) is 0 Å². The van der Waals surface area contributed by atoms with Gasteiger partial charge in [-0.25, -0.2) is 0 Å². The van der Waals surface area contributed by atoms with Gasteiger partial charge >= 0.3 is 0 Å². The van der Waals surface area contributed by atoms with E-state index in [1.165, 1.54) is 31.1 Å². The third kappa shape index (κ3) is 7.58. The van der Waals surface area contributed by atoms with Gasteiger partial charge in [-0.05, 0) is 43.0 Å². The van der Waals surface area contributed by atoms with Gasteiger partial charge < -0.3 is 9.84 Å². The maximum atomic E-state index is 10.0. The van der Waals surface area contributed by atoms with Crippen LogP contribution < -0.4 is 4.74 Å². The molecule has 3 rings (SSSR count). The van der Waals surface area contributed by atoms with Gasteiger partial charge in [0.15, 0.2) is 5.78 Å². The minimum Gasteiger partial charge on any atom is -0.512 e. The minimum absolute atomic E-state index is 0. The van der Waals surface area contributed by atoms with Crippen molar-refractivity contribution in [1.82, 2.24) is 4.98 Å². The molecule has 0 fully saturated rings.